The van der Waals surface area contributed by atoms with E-state index in [0.29, 0.717) is 29.1 Å². The van der Waals surface area contributed by atoms with Gasteiger partial charge in [-0.3, -0.25) is 0 Å². The van der Waals surface area contributed by atoms with E-state index in [1.165, 1.54) is 57.8 Å². The smallest absolute Gasteiger partial charge is 0.192 e. The van der Waals surface area contributed by atoms with Gasteiger partial charge in [0.2, 0.25) is 0 Å². The van der Waals surface area contributed by atoms with Crippen LogP contribution >= 0.6 is 0 Å². The van der Waals surface area contributed by atoms with Crippen molar-refractivity contribution in [3.05, 3.63) is 23.3 Å². The van der Waals surface area contributed by atoms with E-state index in [2.05, 4.69) is 73.7 Å². The van der Waals surface area contributed by atoms with Crippen LogP contribution in [0, 0.1) is 34.5 Å². The number of ether oxygens (including phenoxy) is 1. The van der Waals surface area contributed by atoms with Crippen molar-refractivity contribution >= 4 is 8.32 Å². The van der Waals surface area contributed by atoms with Gasteiger partial charge in [-0.05, 0) is 104 Å². The van der Waals surface area contributed by atoms with Crippen molar-refractivity contribution in [1.29, 1.82) is 0 Å². The molecule has 4 aliphatic carbocycles. The second-order valence-electron chi connectivity index (χ2n) is 15.4. The maximum Gasteiger partial charge on any atom is 0.192 e. The molecule has 1 saturated heterocycles. The number of epoxide rings is 1. The lowest BCUT2D eigenvalue weighted by Gasteiger charge is -2.58. The summed E-state index contributed by atoms with van der Waals surface area (Å²) in [4.78, 5) is 0. The molecule has 35 heavy (non-hydrogen) atoms. The molecule has 4 fully saturated rings. The van der Waals surface area contributed by atoms with Gasteiger partial charge in [-0.15, -0.1) is 0 Å². The Kier molecular flexibility index (Phi) is 6.62. The Balaban J connectivity index is 1.32. The molecule has 0 amide bonds. The fourth-order valence-electron chi connectivity index (χ4n) is 8.62. The van der Waals surface area contributed by atoms with Crippen molar-refractivity contribution < 1.29 is 9.16 Å². The minimum atomic E-state index is -1.72. The van der Waals surface area contributed by atoms with Crippen LogP contribution in [0.4, 0.5) is 0 Å². The number of fused-ring (bicyclic) bond motifs is 7. The van der Waals surface area contributed by atoms with Gasteiger partial charge in [-0.25, -0.2) is 0 Å². The van der Waals surface area contributed by atoms with E-state index in [9.17, 15) is 0 Å². The van der Waals surface area contributed by atoms with Crippen molar-refractivity contribution in [2.45, 2.75) is 143 Å². The third-order valence-corrected chi connectivity index (χ3v) is 16.3. The Morgan fingerprint density at radius 2 is 1.86 bits per heavy atom. The summed E-state index contributed by atoms with van der Waals surface area (Å²) < 4.78 is 13.3. The van der Waals surface area contributed by atoms with Crippen LogP contribution in [0.3, 0.4) is 0 Å². The van der Waals surface area contributed by atoms with E-state index in [0.717, 1.165) is 23.7 Å². The third-order valence-electron chi connectivity index (χ3n) is 11.8. The molecule has 198 valence electrons. The highest BCUT2D eigenvalue weighted by Gasteiger charge is 2.69. The summed E-state index contributed by atoms with van der Waals surface area (Å²) in [6, 6.07) is 0. The summed E-state index contributed by atoms with van der Waals surface area (Å²) in [6.07, 6.45) is 18.4. The van der Waals surface area contributed by atoms with Gasteiger partial charge in [-0.1, -0.05) is 72.6 Å². The predicted molar refractivity (Wildman–Crippen MR) is 150 cm³/mol. The Hall–Kier alpha value is -0.383. The average molecular weight is 499 g/mol. The summed E-state index contributed by atoms with van der Waals surface area (Å²) in [5.41, 5.74) is 4.21. The number of unbranched alkanes of at least 4 members (excludes halogenated alkanes) is 1. The van der Waals surface area contributed by atoms with Crippen molar-refractivity contribution in [3.63, 3.8) is 0 Å². The van der Waals surface area contributed by atoms with Gasteiger partial charge >= 0.3 is 0 Å². The first kappa shape index (κ1) is 26.2. The minimum Gasteiger partial charge on any atom is -0.414 e. The molecule has 0 bridgehead atoms. The van der Waals surface area contributed by atoms with Gasteiger partial charge in [0.15, 0.2) is 8.32 Å². The average Bonchev–Trinajstić information content (AvgIpc) is 3.47. The first-order valence-electron chi connectivity index (χ1n) is 15.0. The molecule has 1 unspecified atom stereocenters. The van der Waals surface area contributed by atoms with E-state index < -0.39 is 8.32 Å². The van der Waals surface area contributed by atoms with Crippen LogP contribution in [0.5, 0.6) is 0 Å². The van der Waals surface area contributed by atoms with Crippen LogP contribution in [0.15, 0.2) is 23.3 Å². The van der Waals surface area contributed by atoms with E-state index in [1.54, 1.807) is 11.1 Å². The topological polar surface area (TPSA) is 21.8 Å². The van der Waals surface area contributed by atoms with E-state index in [1.807, 2.05) is 0 Å². The lowest BCUT2D eigenvalue weighted by Crippen LogP contribution is -2.52. The zero-order valence-corrected chi connectivity index (χ0v) is 25.4. The standard InChI is InChI=1S/C32H54O2Si/c1-21(2)12-10-11-13-26-28-29(33-28)27-24-15-14-22-20-23(34-35(8,9)30(3,4)5)16-18-31(22,6)25(24)17-19-32(26,27)7/h13-14,21,23-25,27-29H,10-12,15-20H2,1-9H3/b26-13-/t23-,24+,25-,27?,28+,29-,31-,32+/m0/s1. The first-order chi connectivity index (χ1) is 16.3. The summed E-state index contributed by atoms with van der Waals surface area (Å²) in [5, 5.41) is 0.289. The fourth-order valence-corrected chi connectivity index (χ4v) is 10.0. The highest BCUT2D eigenvalue weighted by Crippen LogP contribution is 2.70. The Morgan fingerprint density at radius 3 is 2.54 bits per heavy atom. The normalized spacial score (nSPS) is 43.9. The molecule has 3 heteroatoms. The Labute approximate surface area is 217 Å². The highest BCUT2D eigenvalue weighted by molar-refractivity contribution is 6.74. The highest BCUT2D eigenvalue weighted by atomic mass is 28.4. The molecule has 0 radical (unpaired) electrons. The molecule has 3 saturated carbocycles. The van der Waals surface area contributed by atoms with Gasteiger partial charge in [0, 0.05) is 12.0 Å². The SMILES string of the molecule is CC(C)CCC/C=C1/[C@H]2O[C@H]2C2[C@@H]3CC=C4C[C@@H](O[Si](C)(C)C(C)(C)C)CC[C@]4(C)[C@H]3CC[C@]12C. The van der Waals surface area contributed by atoms with E-state index >= 15 is 0 Å². The molecule has 1 aliphatic heterocycles. The number of allylic oxidation sites excluding steroid dienone is 2. The van der Waals surface area contributed by atoms with Crippen molar-refractivity contribution in [2.75, 3.05) is 0 Å². The zero-order chi connectivity index (χ0) is 25.4. The maximum atomic E-state index is 6.93. The monoisotopic (exact) mass is 498 g/mol. The van der Waals surface area contributed by atoms with E-state index in [-0.39, 0.29) is 5.04 Å². The second-order valence-corrected chi connectivity index (χ2v) is 20.1. The first-order valence-corrected chi connectivity index (χ1v) is 17.9. The molecule has 5 aliphatic rings. The number of hydrogen-bond donors (Lipinski definition) is 0. The van der Waals surface area contributed by atoms with Crippen molar-refractivity contribution in [3.8, 4) is 0 Å². The van der Waals surface area contributed by atoms with E-state index in [4.69, 9.17) is 9.16 Å². The number of rotatable bonds is 6. The molecule has 0 aromatic rings. The van der Waals surface area contributed by atoms with Crippen LogP contribution in [0.2, 0.25) is 18.1 Å². The number of hydrogen-bond acceptors (Lipinski definition) is 2. The molecule has 0 aromatic carbocycles. The van der Waals surface area contributed by atoms with Crippen LogP contribution < -0.4 is 0 Å². The Bertz CT molecular complexity index is 878. The predicted octanol–water partition coefficient (Wildman–Crippen LogP) is 9.08. The van der Waals surface area contributed by atoms with Gasteiger partial charge in [0.1, 0.15) is 6.10 Å². The largest absolute Gasteiger partial charge is 0.414 e. The molecule has 0 spiro atoms. The van der Waals surface area contributed by atoms with Crippen molar-refractivity contribution in [1.82, 2.24) is 0 Å². The van der Waals surface area contributed by atoms with Crippen molar-refractivity contribution in [2.24, 2.45) is 34.5 Å². The fraction of sp³-hybridized carbons (Fsp3) is 0.875. The Morgan fingerprint density at radius 1 is 1.14 bits per heavy atom. The second kappa shape index (κ2) is 8.84. The summed E-state index contributed by atoms with van der Waals surface area (Å²) in [7, 11) is -1.72. The molecule has 0 N–H and O–H groups in total. The van der Waals surface area contributed by atoms with Gasteiger partial charge in [-0.2, -0.15) is 0 Å². The minimum absolute atomic E-state index is 0.289. The maximum absolute atomic E-state index is 6.93. The van der Waals surface area contributed by atoms with Gasteiger partial charge in [0.25, 0.3) is 0 Å². The summed E-state index contributed by atoms with van der Waals surface area (Å²) >= 11 is 0. The summed E-state index contributed by atoms with van der Waals surface area (Å²) in [5.74, 6) is 3.18. The lowest BCUT2D eigenvalue weighted by atomic mass is 9.47. The molecule has 2 nitrogen and oxygen atoms in total. The molecule has 5 rings (SSSR count). The quantitative estimate of drug-likeness (QED) is 0.158. The van der Waals surface area contributed by atoms with Crippen LogP contribution in [0.25, 0.3) is 0 Å². The van der Waals surface area contributed by atoms with Crippen LogP contribution in [-0.2, 0) is 9.16 Å². The molecular weight excluding hydrogens is 444 g/mol. The summed E-state index contributed by atoms with van der Waals surface area (Å²) in [6.45, 7) is 21.9. The van der Waals surface area contributed by atoms with Gasteiger partial charge < -0.3 is 9.16 Å². The van der Waals surface area contributed by atoms with Gasteiger partial charge in [0.05, 0.1) is 6.10 Å². The van der Waals surface area contributed by atoms with Crippen LogP contribution in [-0.4, -0.2) is 26.6 Å². The van der Waals surface area contributed by atoms with Crippen LogP contribution in [0.1, 0.15) is 106 Å². The molecular formula is C32H54O2Si. The molecule has 1 heterocycles. The zero-order valence-electron chi connectivity index (χ0n) is 24.4. The molecule has 0 aromatic heterocycles. The third kappa shape index (κ3) is 4.38. The molecule has 8 atom stereocenters. The lowest BCUT2D eigenvalue weighted by molar-refractivity contribution is -0.0442.